The SMILES string of the molecule is COc1cc(F)c(-n2cc(-c3cccc(C)c3)nc2NC(=O)c2ccc(OC(F)F)cc2)c(F)c1. The Morgan fingerprint density at radius 2 is 1.69 bits per heavy atom. The lowest BCUT2D eigenvalue weighted by Gasteiger charge is -2.12. The maximum atomic E-state index is 14.9. The first-order chi connectivity index (χ1) is 16.7. The van der Waals surface area contributed by atoms with Crippen LogP contribution in [0.1, 0.15) is 15.9 Å². The molecule has 1 N–H and O–H groups in total. The molecule has 0 saturated carbocycles. The van der Waals surface area contributed by atoms with Crippen LogP contribution in [-0.2, 0) is 0 Å². The monoisotopic (exact) mass is 485 g/mol. The van der Waals surface area contributed by atoms with Crippen molar-refractivity contribution < 1.29 is 31.8 Å². The second-order valence-corrected chi connectivity index (χ2v) is 7.49. The predicted octanol–water partition coefficient (Wildman–Crippen LogP) is 5.99. The first-order valence-corrected chi connectivity index (χ1v) is 10.3. The minimum absolute atomic E-state index is 0.0144. The molecule has 0 bridgehead atoms. The molecule has 1 aromatic heterocycles. The van der Waals surface area contributed by atoms with Crippen LogP contribution in [0, 0.1) is 18.6 Å². The molecule has 35 heavy (non-hydrogen) atoms. The van der Waals surface area contributed by atoms with Gasteiger partial charge in [0.05, 0.1) is 12.8 Å². The van der Waals surface area contributed by atoms with Gasteiger partial charge in [0.1, 0.15) is 17.2 Å². The molecule has 0 saturated heterocycles. The topological polar surface area (TPSA) is 65.4 Å². The summed E-state index contributed by atoms with van der Waals surface area (Å²) in [6.07, 6.45) is 1.40. The number of alkyl halides is 2. The normalized spacial score (nSPS) is 10.9. The van der Waals surface area contributed by atoms with Gasteiger partial charge in [0.2, 0.25) is 5.95 Å². The summed E-state index contributed by atoms with van der Waals surface area (Å²) in [4.78, 5) is 17.2. The van der Waals surface area contributed by atoms with Crippen LogP contribution in [-0.4, -0.2) is 29.2 Å². The summed E-state index contributed by atoms with van der Waals surface area (Å²) >= 11 is 0. The van der Waals surface area contributed by atoms with Gasteiger partial charge in [-0.1, -0.05) is 23.8 Å². The number of carbonyl (C=O) groups excluding carboxylic acids is 1. The fourth-order valence-corrected chi connectivity index (χ4v) is 3.43. The maximum absolute atomic E-state index is 14.9. The summed E-state index contributed by atoms with van der Waals surface area (Å²) in [7, 11) is 1.28. The van der Waals surface area contributed by atoms with E-state index in [1.807, 2.05) is 19.1 Å². The Morgan fingerprint density at radius 1 is 1.00 bits per heavy atom. The number of amides is 1. The first kappa shape index (κ1) is 23.8. The van der Waals surface area contributed by atoms with Crippen molar-refractivity contribution in [1.82, 2.24) is 9.55 Å². The second kappa shape index (κ2) is 9.88. The summed E-state index contributed by atoms with van der Waals surface area (Å²) in [6.45, 7) is -1.12. The van der Waals surface area contributed by atoms with E-state index in [-0.39, 0.29) is 23.0 Å². The Labute approximate surface area is 197 Å². The van der Waals surface area contributed by atoms with Crippen molar-refractivity contribution in [2.75, 3.05) is 12.4 Å². The predicted molar refractivity (Wildman–Crippen MR) is 121 cm³/mol. The van der Waals surface area contributed by atoms with Gasteiger partial charge in [0.15, 0.2) is 11.6 Å². The summed E-state index contributed by atoms with van der Waals surface area (Å²) in [5.74, 6) is -2.83. The third kappa shape index (κ3) is 5.26. The average Bonchev–Trinajstić information content (AvgIpc) is 3.21. The van der Waals surface area contributed by atoms with Crippen LogP contribution in [0.15, 0.2) is 66.9 Å². The van der Waals surface area contributed by atoms with Gasteiger partial charge in [-0.15, -0.1) is 0 Å². The number of halogens is 4. The number of carbonyl (C=O) groups is 1. The van der Waals surface area contributed by atoms with Crippen LogP contribution in [0.3, 0.4) is 0 Å². The van der Waals surface area contributed by atoms with E-state index in [0.29, 0.717) is 11.3 Å². The van der Waals surface area contributed by atoms with Crippen LogP contribution < -0.4 is 14.8 Å². The van der Waals surface area contributed by atoms with Gasteiger partial charge in [-0.3, -0.25) is 14.7 Å². The summed E-state index contributed by atoms with van der Waals surface area (Å²) in [6, 6.07) is 14.3. The van der Waals surface area contributed by atoms with Gasteiger partial charge in [0, 0.05) is 29.5 Å². The van der Waals surface area contributed by atoms with Crippen LogP contribution in [0.25, 0.3) is 16.9 Å². The van der Waals surface area contributed by atoms with E-state index >= 15 is 0 Å². The molecule has 4 rings (SSSR count). The maximum Gasteiger partial charge on any atom is 0.387 e. The van der Waals surface area contributed by atoms with Gasteiger partial charge in [-0.05, 0) is 37.3 Å². The van der Waals surface area contributed by atoms with Crippen LogP contribution in [0.5, 0.6) is 11.5 Å². The smallest absolute Gasteiger partial charge is 0.387 e. The molecule has 0 fully saturated rings. The highest BCUT2D eigenvalue weighted by atomic mass is 19.3. The number of anilines is 1. The molecule has 1 heterocycles. The quantitative estimate of drug-likeness (QED) is 0.327. The van der Waals surface area contributed by atoms with E-state index in [2.05, 4.69) is 15.0 Å². The number of hydrogen-bond donors (Lipinski definition) is 1. The van der Waals surface area contributed by atoms with E-state index in [9.17, 15) is 22.4 Å². The average molecular weight is 485 g/mol. The van der Waals surface area contributed by atoms with Crippen LogP contribution >= 0.6 is 0 Å². The highest BCUT2D eigenvalue weighted by Crippen LogP contribution is 2.30. The number of nitrogens with one attached hydrogen (secondary N) is 1. The van der Waals surface area contributed by atoms with Gasteiger partial charge in [-0.2, -0.15) is 8.78 Å². The van der Waals surface area contributed by atoms with Crippen molar-refractivity contribution in [3.63, 3.8) is 0 Å². The number of nitrogens with zero attached hydrogens (tertiary/aromatic N) is 2. The number of imidazole rings is 1. The van der Waals surface area contributed by atoms with Crippen molar-refractivity contribution in [3.8, 4) is 28.4 Å². The molecule has 3 aromatic carbocycles. The molecule has 0 spiro atoms. The fourth-order valence-electron chi connectivity index (χ4n) is 3.43. The van der Waals surface area contributed by atoms with E-state index < -0.39 is 29.8 Å². The number of hydrogen-bond acceptors (Lipinski definition) is 4. The van der Waals surface area contributed by atoms with Crippen LogP contribution in [0.4, 0.5) is 23.5 Å². The minimum Gasteiger partial charge on any atom is -0.497 e. The van der Waals surface area contributed by atoms with Crippen molar-refractivity contribution in [2.45, 2.75) is 13.5 Å². The lowest BCUT2D eigenvalue weighted by Crippen LogP contribution is -2.16. The zero-order valence-electron chi connectivity index (χ0n) is 18.6. The standard InChI is InChI=1S/C25H19F4N3O3/c1-14-4-3-5-16(10-14)21-13-32(22-19(26)11-18(34-2)12-20(22)27)25(30-21)31-23(33)15-6-8-17(9-7-15)35-24(28)29/h3-13,24H,1-2H3,(H,30,31,33). The van der Waals surface area contributed by atoms with Crippen molar-refractivity contribution >= 4 is 11.9 Å². The number of rotatable bonds is 7. The number of aryl methyl sites for hydroxylation is 1. The molecule has 0 aliphatic heterocycles. The zero-order valence-corrected chi connectivity index (χ0v) is 18.6. The fraction of sp³-hybridized carbons (Fsp3) is 0.120. The van der Waals surface area contributed by atoms with Gasteiger partial charge < -0.3 is 9.47 Å². The lowest BCUT2D eigenvalue weighted by atomic mass is 10.1. The van der Waals surface area contributed by atoms with Crippen LogP contribution in [0.2, 0.25) is 0 Å². The first-order valence-electron chi connectivity index (χ1n) is 10.3. The number of methoxy groups -OCH3 is 1. The lowest BCUT2D eigenvalue weighted by molar-refractivity contribution is -0.0498. The summed E-state index contributed by atoms with van der Waals surface area (Å²) in [5.41, 5.74) is 1.60. The highest BCUT2D eigenvalue weighted by molar-refractivity contribution is 6.03. The molecular weight excluding hydrogens is 466 g/mol. The Bertz CT molecular complexity index is 1350. The molecule has 1 amide bonds. The van der Waals surface area contributed by atoms with E-state index in [1.54, 1.807) is 12.1 Å². The molecule has 0 atom stereocenters. The van der Waals surface area contributed by atoms with Gasteiger partial charge in [0.25, 0.3) is 5.91 Å². The van der Waals surface area contributed by atoms with Crippen molar-refractivity contribution in [3.05, 3.63) is 89.6 Å². The third-order valence-electron chi connectivity index (χ3n) is 5.05. The van der Waals surface area contributed by atoms with Gasteiger partial charge >= 0.3 is 6.61 Å². The zero-order chi connectivity index (χ0) is 25.1. The van der Waals surface area contributed by atoms with Crippen molar-refractivity contribution in [2.24, 2.45) is 0 Å². The molecule has 180 valence electrons. The molecule has 0 aliphatic carbocycles. The molecule has 0 radical (unpaired) electrons. The summed E-state index contributed by atoms with van der Waals surface area (Å²) in [5, 5.41) is 2.53. The van der Waals surface area contributed by atoms with E-state index in [0.717, 1.165) is 22.3 Å². The Morgan fingerprint density at radius 3 is 2.29 bits per heavy atom. The molecule has 0 aliphatic rings. The summed E-state index contributed by atoms with van der Waals surface area (Å²) < 4.78 is 64.8. The Hall–Kier alpha value is -4.34. The molecule has 4 aromatic rings. The minimum atomic E-state index is -3.00. The second-order valence-electron chi connectivity index (χ2n) is 7.49. The van der Waals surface area contributed by atoms with E-state index in [1.165, 1.54) is 37.6 Å². The Kier molecular flexibility index (Phi) is 6.72. The van der Waals surface area contributed by atoms with E-state index in [4.69, 9.17) is 4.74 Å². The van der Waals surface area contributed by atoms with Crippen molar-refractivity contribution in [1.29, 1.82) is 0 Å². The Balaban J connectivity index is 1.75. The molecular formula is C25H19F4N3O3. The molecule has 6 nitrogen and oxygen atoms in total. The number of ether oxygens (including phenoxy) is 2. The molecule has 0 unspecified atom stereocenters. The number of benzene rings is 3. The number of aromatic nitrogens is 2. The largest absolute Gasteiger partial charge is 0.497 e. The third-order valence-corrected chi connectivity index (χ3v) is 5.05. The highest BCUT2D eigenvalue weighted by Gasteiger charge is 2.21. The molecule has 10 heteroatoms. The van der Waals surface area contributed by atoms with Gasteiger partial charge in [-0.25, -0.2) is 13.8 Å².